The van der Waals surface area contributed by atoms with Gasteiger partial charge in [0.25, 0.3) is 0 Å². The molecule has 0 aliphatic carbocycles. The number of sulfonamides is 1. The van der Waals surface area contributed by atoms with Crippen molar-refractivity contribution in [3.05, 3.63) is 89.6 Å². The first-order valence-corrected chi connectivity index (χ1v) is 11.5. The van der Waals surface area contributed by atoms with E-state index < -0.39 is 21.9 Å². The summed E-state index contributed by atoms with van der Waals surface area (Å²) in [7, 11) is -3.90. The van der Waals surface area contributed by atoms with Gasteiger partial charge >= 0.3 is 0 Å². The Balaban J connectivity index is 1.56. The maximum atomic E-state index is 13.3. The minimum atomic E-state index is -3.90. The predicted molar refractivity (Wildman–Crippen MR) is 113 cm³/mol. The van der Waals surface area contributed by atoms with Crippen LogP contribution in [0.2, 0.25) is 0 Å². The van der Waals surface area contributed by atoms with Crippen molar-refractivity contribution < 1.29 is 22.0 Å². The van der Waals surface area contributed by atoms with E-state index in [-0.39, 0.29) is 23.8 Å². The molecule has 3 aromatic rings. The molecule has 8 heteroatoms. The van der Waals surface area contributed by atoms with Crippen LogP contribution in [0.5, 0.6) is 0 Å². The average Bonchev–Trinajstić information content (AvgIpc) is 3.27. The van der Waals surface area contributed by atoms with Crippen LogP contribution in [-0.2, 0) is 27.7 Å². The van der Waals surface area contributed by atoms with Crippen LogP contribution in [0.25, 0.3) is 0 Å². The summed E-state index contributed by atoms with van der Waals surface area (Å²) >= 11 is 0. The topological polar surface area (TPSA) is 79.6 Å². The van der Waals surface area contributed by atoms with Crippen molar-refractivity contribution in [3.63, 3.8) is 0 Å². The summed E-state index contributed by atoms with van der Waals surface area (Å²) in [6.45, 7) is 0.645. The van der Waals surface area contributed by atoms with Gasteiger partial charge in [-0.1, -0.05) is 24.3 Å². The number of carbonyl (C=O) groups is 1. The zero-order valence-corrected chi connectivity index (χ0v) is 17.6. The van der Waals surface area contributed by atoms with Crippen LogP contribution >= 0.6 is 0 Å². The van der Waals surface area contributed by atoms with E-state index in [0.29, 0.717) is 19.4 Å². The summed E-state index contributed by atoms with van der Waals surface area (Å²) in [6, 6.07) is 15.3. The molecule has 1 amide bonds. The Labute approximate surface area is 180 Å². The summed E-state index contributed by atoms with van der Waals surface area (Å²) < 4.78 is 46.6. The number of nitrogens with one attached hydrogen (secondary N) is 1. The molecular weight excluding hydrogens is 419 g/mol. The van der Waals surface area contributed by atoms with Gasteiger partial charge in [0.15, 0.2) is 0 Å². The third-order valence-electron chi connectivity index (χ3n) is 5.44. The summed E-state index contributed by atoms with van der Waals surface area (Å²) in [4.78, 5) is 12.7. The van der Waals surface area contributed by atoms with Crippen molar-refractivity contribution in [1.82, 2.24) is 9.62 Å². The highest BCUT2D eigenvalue weighted by atomic mass is 32.2. The van der Waals surface area contributed by atoms with Crippen LogP contribution in [0.1, 0.15) is 29.3 Å². The highest BCUT2D eigenvalue weighted by molar-refractivity contribution is 7.89. The molecule has 1 aromatic heterocycles. The van der Waals surface area contributed by atoms with E-state index in [2.05, 4.69) is 5.32 Å². The third kappa shape index (κ3) is 4.70. The van der Waals surface area contributed by atoms with E-state index in [0.717, 1.165) is 29.0 Å². The van der Waals surface area contributed by atoms with Crippen LogP contribution in [-0.4, -0.2) is 31.7 Å². The first-order valence-electron chi connectivity index (χ1n) is 10.1. The summed E-state index contributed by atoms with van der Waals surface area (Å²) in [5.74, 6) is 0.0202. The number of carbonyl (C=O) groups excluding carboxylic acids is 1. The zero-order valence-electron chi connectivity index (χ0n) is 16.8. The molecule has 0 radical (unpaired) electrons. The van der Waals surface area contributed by atoms with E-state index >= 15 is 0 Å². The molecule has 2 aromatic carbocycles. The molecule has 0 bridgehead atoms. The molecule has 1 aliphatic heterocycles. The minimum absolute atomic E-state index is 0.00437. The van der Waals surface area contributed by atoms with E-state index in [1.54, 1.807) is 12.3 Å². The number of hydrogen-bond acceptors (Lipinski definition) is 4. The van der Waals surface area contributed by atoms with Gasteiger partial charge in [0.2, 0.25) is 15.9 Å². The summed E-state index contributed by atoms with van der Waals surface area (Å²) in [5, 5.41) is 2.85. The maximum absolute atomic E-state index is 13.3. The van der Waals surface area contributed by atoms with Gasteiger partial charge in [0.05, 0.1) is 17.2 Å². The monoisotopic (exact) mass is 442 g/mol. The first-order chi connectivity index (χ1) is 14.9. The number of hydrogen-bond donors (Lipinski definition) is 1. The van der Waals surface area contributed by atoms with Gasteiger partial charge in [-0.05, 0) is 53.9 Å². The quantitative estimate of drug-likeness (QED) is 0.608. The van der Waals surface area contributed by atoms with Gasteiger partial charge in [-0.25, -0.2) is 12.8 Å². The number of fused-ring (bicyclic) bond motifs is 1. The Kier molecular flexibility index (Phi) is 6.20. The highest BCUT2D eigenvalue weighted by Crippen LogP contribution is 2.36. The second-order valence-corrected chi connectivity index (χ2v) is 9.31. The molecule has 0 spiro atoms. The van der Waals surface area contributed by atoms with Gasteiger partial charge in [-0.3, -0.25) is 4.79 Å². The van der Waals surface area contributed by atoms with Crippen molar-refractivity contribution in [2.24, 2.45) is 0 Å². The normalized spacial score (nSPS) is 16.6. The standard InChI is InChI=1S/C23H23FN2O4S/c24-18-7-9-20(10-8-18)31(28,29)26-14-12-17-4-1-2-6-21(17)22(26)16-23(27)25-13-11-19-5-3-15-30-19/h1-10,15,22H,11-14,16H2,(H,25,27). The molecule has 1 atom stereocenters. The molecule has 31 heavy (non-hydrogen) atoms. The molecular formula is C23H23FN2O4S. The fraction of sp³-hybridized carbons (Fsp3) is 0.261. The lowest BCUT2D eigenvalue weighted by Crippen LogP contribution is -2.42. The van der Waals surface area contributed by atoms with Crippen LogP contribution < -0.4 is 5.32 Å². The number of furan rings is 1. The number of benzene rings is 2. The van der Waals surface area contributed by atoms with Crippen LogP contribution in [0.4, 0.5) is 4.39 Å². The maximum Gasteiger partial charge on any atom is 0.243 e. The first kappa shape index (κ1) is 21.3. The Bertz CT molecular complexity index is 1140. The van der Waals surface area contributed by atoms with Crippen molar-refractivity contribution in [1.29, 1.82) is 0 Å². The van der Waals surface area contributed by atoms with Crippen LogP contribution in [0.3, 0.4) is 0 Å². The minimum Gasteiger partial charge on any atom is -0.469 e. The van der Waals surface area contributed by atoms with Gasteiger partial charge in [0.1, 0.15) is 11.6 Å². The Morgan fingerprint density at radius 1 is 1.10 bits per heavy atom. The fourth-order valence-electron chi connectivity index (χ4n) is 3.90. The SMILES string of the molecule is O=C(CC1c2ccccc2CCN1S(=O)(=O)c1ccc(F)cc1)NCCc1ccco1. The largest absolute Gasteiger partial charge is 0.469 e. The lowest BCUT2D eigenvalue weighted by molar-refractivity contribution is -0.122. The van der Waals surface area contributed by atoms with Crippen molar-refractivity contribution >= 4 is 15.9 Å². The lowest BCUT2D eigenvalue weighted by atomic mass is 9.92. The Hall–Kier alpha value is -2.97. The van der Waals surface area contributed by atoms with E-state index in [4.69, 9.17) is 4.42 Å². The summed E-state index contributed by atoms with van der Waals surface area (Å²) in [5.41, 5.74) is 1.85. The molecule has 4 rings (SSSR count). The lowest BCUT2D eigenvalue weighted by Gasteiger charge is -2.36. The average molecular weight is 443 g/mol. The van der Waals surface area contributed by atoms with Crippen molar-refractivity contribution in [3.8, 4) is 0 Å². The number of rotatable bonds is 7. The van der Waals surface area contributed by atoms with Crippen molar-refractivity contribution in [2.75, 3.05) is 13.1 Å². The molecule has 0 fully saturated rings. The molecule has 162 valence electrons. The van der Waals surface area contributed by atoms with E-state index in [1.807, 2.05) is 30.3 Å². The molecule has 2 heterocycles. The second kappa shape index (κ2) is 9.03. The fourth-order valence-corrected chi connectivity index (χ4v) is 5.50. The zero-order chi connectivity index (χ0) is 21.8. The molecule has 1 unspecified atom stereocenters. The smallest absolute Gasteiger partial charge is 0.243 e. The van der Waals surface area contributed by atoms with E-state index in [9.17, 15) is 17.6 Å². The molecule has 1 N–H and O–H groups in total. The Morgan fingerprint density at radius 3 is 2.61 bits per heavy atom. The number of amides is 1. The van der Waals surface area contributed by atoms with Crippen molar-refractivity contribution in [2.45, 2.75) is 30.2 Å². The molecule has 0 saturated heterocycles. The summed E-state index contributed by atoms with van der Waals surface area (Å²) in [6.07, 6.45) is 2.68. The van der Waals surface area contributed by atoms with Crippen LogP contribution in [0, 0.1) is 5.82 Å². The Morgan fingerprint density at radius 2 is 1.87 bits per heavy atom. The number of nitrogens with zero attached hydrogens (tertiary/aromatic N) is 1. The third-order valence-corrected chi connectivity index (χ3v) is 7.36. The number of halogens is 1. The molecule has 0 saturated carbocycles. The van der Waals surface area contributed by atoms with Gasteiger partial charge in [-0.15, -0.1) is 0 Å². The van der Waals surface area contributed by atoms with Gasteiger partial charge < -0.3 is 9.73 Å². The second-order valence-electron chi connectivity index (χ2n) is 7.42. The van der Waals surface area contributed by atoms with E-state index in [1.165, 1.54) is 16.4 Å². The highest BCUT2D eigenvalue weighted by Gasteiger charge is 2.37. The van der Waals surface area contributed by atoms with Gasteiger partial charge in [-0.2, -0.15) is 4.31 Å². The molecule has 6 nitrogen and oxygen atoms in total. The van der Waals surface area contributed by atoms with Gasteiger partial charge in [0, 0.05) is 25.9 Å². The van der Waals surface area contributed by atoms with Crippen LogP contribution in [0.15, 0.2) is 76.2 Å². The predicted octanol–water partition coefficient (Wildman–Crippen LogP) is 3.46. The molecule has 1 aliphatic rings.